The van der Waals surface area contributed by atoms with E-state index in [1.807, 2.05) is 0 Å². The van der Waals surface area contributed by atoms with Gasteiger partial charge >= 0.3 is 0 Å². The Morgan fingerprint density at radius 2 is 1.91 bits per heavy atom. The van der Waals surface area contributed by atoms with Gasteiger partial charge in [-0.05, 0) is 41.8 Å². The van der Waals surface area contributed by atoms with Gasteiger partial charge in [-0.3, -0.25) is 4.79 Å². The van der Waals surface area contributed by atoms with Crippen LogP contribution >= 0.6 is 0 Å². The Morgan fingerprint density at radius 1 is 1.22 bits per heavy atom. The summed E-state index contributed by atoms with van der Waals surface area (Å²) >= 11 is 0. The fourth-order valence-corrected chi connectivity index (χ4v) is 2.14. The standard InChI is InChI=1S/C18H17FN2O2/c1-23-17-8-4-14(12-16(17)19)5-9-18(22)21-15-6-2-13(3-7-15)10-11-20/h2-4,6-8,12H,5,9-10H2,1H3,(H,21,22). The van der Waals surface area contributed by atoms with E-state index in [0.717, 1.165) is 11.1 Å². The summed E-state index contributed by atoms with van der Waals surface area (Å²) in [5, 5.41) is 11.4. The number of anilines is 1. The third-order valence-corrected chi connectivity index (χ3v) is 3.38. The molecule has 0 aliphatic rings. The molecule has 1 N–H and O–H groups in total. The highest BCUT2D eigenvalue weighted by molar-refractivity contribution is 5.90. The molecule has 0 aliphatic carbocycles. The minimum absolute atomic E-state index is 0.144. The van der Waals surface area contributed by atoms with Gasteiger partial charge in [0.25, 0.3) is 0 Å². The number of methoxy groups -OCH3 is 1. The number of hydrogen-bond acceptors (Lipinski definition) is 3. The third-order valence-electron chi connectivity index (χ3n) is 3.38. The molecule has 0 atom stereocenters. The minimum Gasteiger partial charge on any atom is -0.494 e. The van der Waals surface area contributed by atoms with Crippen LogP contribution in [0, 0.1) is 17.1 Å². The Bertz CT molecular complexity index is 721. The van der Waals surface area contributed by atoms with Gasteiger partial charge in [0.1, 0.15) is 0 Å². The molecule has 0 saturated carbocycles. The maximum absolute atomic E-state index is 13.6. The van der Waals surface area contributed by atoms with Gasteiger partial charge in [0.05, 0.1) is 19.6 Å². The van der Waals surface area contributed by atoms with E-state index >= 15 is 0 Å². The molecule has 5 heteroatoms. The van der Waals surface area contributed by atoms with Crippen LogP contribution in [0.3, 0.4) is 0 Å². The summed E-state index contributed by atoms with van der Waals surface area (Å²) in [6.07, 6.45) is 1.04. The van der Waals surface area contributed by atoms with E-state index < -0.39 is 5.82 Å². The van der Waals surface area contributed by atoms with Crippen molar-refractivity contribution in [2.45, 2.75) is 19.3 Å². The summed E-state index contributed by atoms with van der Waals surface area (Å²) in [5.41, 5.74) is 2.32. The van der Waals surface area contributed by atoms with Crippen LogP contribution < -0.4 is 10.1 Å². The number of carbonyl (C=O) groups is 1. The normalized spacial score (nSPS) is 9.96. The fraction of sp³-hybridized carbons (Fsp3) is 0.222. The van der Waals surface area contributed by atoms with Crippen molar-refractivity contribution < 1.29 is 13.9 Å². The van der Waals surface area contributed by atoms with Gasteiger partial charge < -0.3 is 10.1 Å². The fourth-order valence-electron chi connectivity index (χ4n) is 2.14. The predicted octanol–water partition coefficient (Wildman–Crippen LogP) is 3.47. The first-order valence-electron chi connectivity index (χ1n) is 7.20. The monoisotopic (exact) mass is 312 g/mol. The summed E-state index contributed by atoms with van der Waals surface area (Å²) in [4.78, 5) is 11.9. The lowest BCUT2D eigenvalue weighted by Gasteiger charge is -2.07. The molecular weight excluding hydrogens is 295 g/mol. The summed E-state index contributed by atoms with van der Waals surface area (Å²) < 4.78 is 18.4. The number of halogens is 1. The Labute approximate surface area is 134 Å². The van der Waals surface area contributed by atoms with E-state index in [1.165, 1.54) is 13.2 Å². The van der Waals surface area contributed by atoms with E-state index in [9.17, 15) is 9.18 Å². The number of aryl methyl sites for hydroxylation is 1. The molecule has 0 saturated heterocycles. The van der Waals surface area contributed by atoms with Crippen LogP contribution in [0.4, 0.5) is 10.1 Å². The number of nitrogens with zero attached hydrogens (tertiary/aromatic N) is 1. The average molecular weight is 312 g/mol. The molecular formula is C18H17FN2O2. The van der Waals surface area contributed by atoms with Gasteiger partial charge in [0, 0.05) is 12.1 Å². The molecule has 2 aromatic carbocycles. The first-order valence-corrected chi connectivity index (χ1v) is 7.20. The molecule has 2 aromatic rings. The molecule has 0 aromatic heterocycles. The highest BCUT2D eigenvalue weighted by Gasteiger charge is 2.07. The van der Waals surface area contributed by atoms with Crippen LogP contribution in [-0.4, -0.2) is 13.0 Å². The smallest absolute Gasteiger partial charge is 0.224 e. The van der Waals surface area contributed by atoms with Crippen molar-refractivity contribution in [3.05, 3.63) is 59.4 Å². The second kappa shape index (κ2) is 7.95. The Balaban J connectivity index is 1.87. The van der Waals surface area contributed by atoms with E-state index in [2.05, 4.69) is 11.4 Å². The van der Waals surface area contributed by atoms with Gasteiger partial charge in [-0.25, -0.2) is 4.39 Å². The average Bonchev–Trinajstić information content (AvgIpc) is 2.55. The van der Waals surface area contributed by atoms with E-state index in [1.54, 1.807) is 36.4 Å². The zero-order valence-electron chi connectivity index (χ0n) is 12.8. The van der Waals surface area contributed by atoms with Gasteiger partial charge in [0.2, 0.25) is 5.91 Å². The molecule has 4 nitrogen and oxygen atoms in total. The molecule has 118 valence electrons. The Kier molecular flexibility index (Phi) is 5.70. The largest absolute Gasteiger partial charge is 0.494 e. The minimum atomic E-state index is -0.432. The van der Waals surface area contributed by atoms with Gasteiger partial charge in [-0.1, -0.05) is 18.2 Å². The Hall–Kier alpha value is -2.87. The first kappa shape index (κ1) is 16.5. The first-order chi connectivity index (χ1) is 11.1. The number of nitriles is 1. The van der Waals surface area contributed by atoms with Crippen molar-refractivity contribution >= 4 is 11.6 Å². The lowest BCUT2D eigenvalue weighted by molar-refractivity contribution is -0.116. The number of rotatable bonds is 6. The Morgan fingerprint density at radius 3 is 2.52 bits per heavy atom. The van der Waals surface area contributed by atoms with Gasteiger partial charge in [0.15, 0.2) is 11.6 Å². The quantitative estimate of drug-likeness (QED) is 0.888. The van der Waals surface area contributed by atoms with E-state index in [4.69, 9.17) is 10.00 Å². The third kappa shape index (κ3) is 4.82. The number of nitrogens with one attached hydrogen (secondary N) is 1. The topological polar surface area (TPSA) is 62.1 Å². The van der Waals surface area contributed by atoms with Gasteiger partial charge in [-0.15, -0.1) is 0 Å². The van der Waals surface area contributed by atoms with Crippen LogP contribution in [-0.2, 0) is 17.6 Å². The zero-order valence-corrected chi connectivity index (χ0v) is 12.8. The number of amides is 1. The lowest BCUT2D eigenvalue weighted by Crippen LogP contribution is -2.12. The molecule has 0 heterocycles. The molecule has 0 radical (unpaired) electrons. The number of ether oxygens (including phenoxy) is 1. The summed E-state index contributed by atoms with van der Waals surface area (Å²) in [6.45, 7) is 0. The second-order valence-corrected chi connectivity index (χ2v) is 5.05. The molecule has 0 bridgehead atoms. The maximum atomic E-state index is 13.6. The molecule has 0 fully saturated rings. The van der Waals surface area contributed by atoms with Crippen LogP contribution in [0.2, 0.25) is 0 Å². The van der Waals surface area contributed by atoms with Crippen LogP contribution in [0.1, 0.15) is 17.5 Å². The number of carbonyl (C=O) groups excluding carboxylic acids is 1. The van der Waals surface area contributed by atoms with Crippen molar-refractivity contribution in [1.29, 1.82) is 5.26 Å². The van der Waals surface area contributed by atoms with Crippen molar-refractivity contribution in [3.63, 3.8) is 0 Å². The van der Waals surface area contributed by atoms with Crippen molar-refractivity contribution in [2.24, 2.45) is 0 Å². The summed E-state index contributed by atoms with van der Waals surface area (Å²) in [5.74, 6) is -0.386. The highest BCUT2D eigenvalue weighted by Crippen LogP contribution is 2.18. The SMILES string of the molecule is COc1ccc(CCC(=O)Nc2ccc(CC#N)cc2)cc1F. The summed E-state index contributed by atoms with van der Waals surface area (Å²) in [7, 11) is 1.41. The molecule has 0 aliphatic heterocycles. The van der Waals surface area contributed by atoms with Crippen molar-refractivity contribution in [1.82, 2.24) is 0 Å². The molecule has 23 heavy (non-hydrogen) atoms. The zero-order chi connectivity index (χ0) is 16.7. The van der Waals surface area contributed by atoms with Crippen molar-refractivity contribution in [2.75, 3.05) is 12.4 Å². The molecule has 0 spiro atoms. The lowest BCUT2D eigenvalue weighted by atomic mass is 10.1. The van der Waals surface area contributed by atoms with Crippen LogP contribution in [0.25, 0.3) is 0 Å². The van der Waals surface area contributed by atoms with Crippen LogP contribution in [0.15, 0.2) is 42.5 Å². The highest BCUT2D eigenvalue weighted by atomic mass is 19.1. The summed E-state index contributed by atoms with van der Waals surface area (Å²) in [6, 6.07) is 13.9. The van der Waals surface area contributed by atoms with Gasteiger partial charge in [-0.2, -0.15) is 5.26 Å². The molecule has 2 rings (SSSR count). The number of benzene rings is 2. The second-order valence-electron chi connectivity index (χ2n) is 5.05. The van der Waals surface area contributed by atoms with Crippen molar-refractivity contribution in [3.8, 4) is 11.8 Å². The predicted molar refractivity (Wildman–Crippen MR) is 85.7 cm³/mol. The molecule has 1 amide bonds. The van der Waals surface area contributed by atoms with Crippen LogP contribution in [0.5, 0.6) is 5.75 Å². The van der Waals surface area contributed by atoms with E-state index in [-0.39, 0.29) is 18.1 Å². The maximum Gasteiger partial charge on any atom is 0.224 e. The molecule has 0 unspecified atom stereocenters. The van der Waals surface area contributed by atoms with E-state index in [0.29, 0.717) is 18.5 Å². The number of hydrogen-bond donors (Lipinski definition) is 1.